The van der Waals surface area contributed by atoms with Crippen LogP contribution in [0.2, 0.25) is 0 Å². The minimum Gasteiger partial charge on any atom is -0.337 e. The van der Waals surface area contributed by atoms with Crippen molar-refractivity contribution >= 4 is 57.5 Å². The molecule has 0 spiro atoms. The second-order valence-corrected chi connectivity index (χ2v) is 11.8. The van der Waals surface area contributed by atoms with E-state index in [1.54, 1.807) is 11.6 Å². The molecule has 0 saturated carbocycles. The molecule has 11 heteroatoms. The van der Waals surface area contributed by atoms with Crippen LogP contribution in [0.5, 0.6) is 0 Å². The zero-order valence-electron chi connectivity index (χ0n) is 21.0. The number of hydrogen-bond donors (Lipinski definition) is 1. The van der Waals surface area contributed by atoms with Gasteiger partial charge in [-0.2, -0.15) is 0 Å². The fourth-order valence-corrected chi connectivity index (χ4v) is 6.76. The predicted octanol–water partition coefficient (Wildman–Crippen LogP) is 5.26. The lowest BCUT2D eigenvalue weighted by atomic mass is 10.0. The summed E-state index contributed by atoms with van der Waals surface area (Å²) in [7, 11) is 0. The Balaban J connectivity index is 1.50. The van der Waals surface area contributed by atoms with Crippen LogP contribution in [0.1, 0.15) is 51.6 Å². The standard InChI is InChI=1S/C26H29N5O3S3/c1-5-19-14-30(8-7-9-31(19)22(32)6-2)25(34)20-11-21(17(4)10-16(20)3)36-23-13-27-26(37-23)29-24(33)18-12-28-35-15-18/h6,10-13,15,19H,2,5,7-9,14H2,1,3-4H3,(H,27,29,33)/t19-/m1/s1. The smallest absolute Gasteiger partial charge is 0.259 e. The number of carbonyl (C=O) groups is 3. The molecule has 8 nitrogen and oxygen atoms in total. The Morgan fingerprint density at radius 3 is 2.73 bits per heavy atom. The number of anilines is 1. The summed E-state index contributed by atoms with van der Waals surface area (Å²) in [6.45, 7) is 11.4. The molecule has 37 heavy (non-hydrogen) atoms. The summed E-state index contributed by atoms with van der Waals surface area (Å²) in [4.78, 5) is 47.3. The minimum absolute atomic E-state index is 0.0210. The number of thiazole rings is 1. The lowest BCUT2D eigenvalue weighted by molar-refractivity contribution is -0.128. The first-order valence-corrected chi connectivity index (χ1v) is 14.5. The molecule has 0 aliphatic carbocycles. The van der Waals surface area contributed by atoms with E-state index >= 15 is 0 Å². The number of aromatic nitrogens is 2. The van der Waals surface area contributed by atoms with E-state index in [2.05, 4.69) is 21.3 Å². The molecule has 0 bridgehead atoms. The topological polar surface area (TPSA) is 95.5 Å². The van der Waals surface area contributed by atoms with Gasteiger partial charge in [-0.25, -0.2) is 9.36 Å². The Kier molecular flexibility index (Phi) is 8.78. The van der Waals surface area contributed by atoms with Crippen LogP contribution in [0.3, 0.4) is 0 Å². The van der Waals surface area contributed by atoms with E-state index in [1.807, 2.05) is 42.7 Å². The van der Waals surface area contributed by atoms with Gasteiger partial charge in [-0.05, 0) is 61.5 Å². The highest BCUT2D eigenvalue weighted by molar-refractivity contribution is 8.01. The van der Waals surface area contributed by atoms with Crippen LogP contribution in [0.25, 0.3) is 0 Å². The van der Waals surface area contributed by atoms with Gasteiger partial charge in [0.1, 0.15) is 0 Å². The lowest BCUT2D eigenvalue weighted by Crippen LogP contribution is -2.44. The van der Waals surface area contributed by atoms with Crippen molar-refractivity contribution in [2.75, 3.05) is 25.0 Å². The van der Waals surface area contributed by atoms with Gasteiger partial charge in [-0.3, -0.25) is 19.7 Å². The molecule has 1 aliphatic heterocycles. The van der Waals surface area contributed by atoms with E-state index in [0.29, 0.717) is 35.9 Å². The highest BCUT2D eigenvalue weighted by atomic mass is 32.2. The third-order valence-electron chi connectivity index (χ3n) is 6.28. The lowest BCUT2D eigenvalue weighted by Gasteiger charge is -2.30. The molecule has 1 atom stereocenters. The largest absolute Gasteiger partial charge is 0.337 e. The molecule has 0 unspecified atom stereocenters. The maximum absolute atomic E-state index is 13.7. The molecule has 4 rings (SSSR count). The molecule has 1 fully saturated rings. The van der Waals surface area contributed by atoms with Gasteiger partial charge >= 0.3 is 0 Å². The quantitative estimate of drug-likeness (QED) is 0.400. The second kappa shape index (κ2) is 12.0. The maximum atomic E-state index is 13.7. The number of nitrogens with one attached hydrogen (secondary N) is 1. The molecule has 3 amide bonds. The van der Waals surface area contributed by atoms with Gasteiger partial charge in [0.2, 0.25) is 5.91 Å². The number of hydrogen-bond acceptors (Lipinski definition) is 8. The third-order valence-corrected chi connectivity index (χ3v) is 9.04. The summed E-state index contributed by atoms with van der Waals surface area (Å²) in [6, 6.07) is 3.95. The summed E-state index contributed by atoms with van der Waals surface area (Å²) in [6.07, 6.45) is 6.10. The number of rotatable bonds is 7. The van der Waals surface area contributed by atoms with Crippen LogP contribution in [0, 0.1) is 13.8 Å². The van der Waals surface area contributed by atoms with Crippen LogP contribution in [0.4, 0.5) is 5.13 Å². The van der Waals surface area contributed by atoms with Gasteiger partial charge in [0.05, 0.1) is 22.2 Å². The summed E-state index contributed by atoms with van der Waals surface area (Å²) in [5, 5.41) is 5.00. The monoisotopic (exact) mass is 555 g/mol. The summed E-state index contributed by atoms with van der Waals surface area (Å²) in [5.41, 5.74) is 3.15. The molecular formula is C26H29N5O3S3. The second-order valence-electron chi connectivity index (χ2n) is 8.79. The number of aryl methyl sites for hydroxylation is 2. The first-order chi connectivity index (χ1) is 17.8. The summed E-state index contributed by atoms with van der Waals surface area (Å²) in [5.74, 6) is -0.346. The van der Waals surface area contributed by atoms with Crippen LogP contribution in [-0.4, -0.2) is 62.6 Å². The van der Waals surface area contributed by atoms with Crippen LogP contribution >= 0.6 is 34.6 Å². The molecule has 3 aromatic rings. The van der Waals surface area contributed by atoms with Gasteiger partial charge in [-0.15, -0.1) is 0 Å². The van der Waals surface area contributed by atoms with E-state index in [9.17, 15) is 14.4 Å². The molecular weight excluding hydrogens is 527 g/mol. The molecule has 1 N–H and O–H groups in total. The Morgan fingerprint density at radius 2 is 2.03 bits per heavy atom. The van der Waals surface area contributed by atoms with Crippen molar-refractivity contribution in [3.8, 4) is 0 Å². The SMILES string of the molecule is C=CC(=O)N1CCCN(C(=O)c2cc(Sc3cnc(NC(=O)c4cnsc4)s3)c(C)cc2C)C[C@H]1CC. The van der Waals surface area contributed by atoms with Crippen LogP contribution < -0.4 is 5.32 Å². The first kappa shape index (κ1) is 27.0. The van der Waals surface area contributed by atoms with E-state index in [4.69, 9.17) is 0 Å². The Labute approximate surface area is 228 Å². The minimum atomic E-state index is -0.241. The van der Waals surface area contributed by atoms with E-state index in [-0.39, 0.29) is 23.8 Å². The summed E-state index contributed by atoms with van der Waals surface area (Å²) < 4.78 is 4.86. The average Bonchev–Trinajstić information content (AvgIpc) is 3.53. The molecule has 1 aliphatic rings. The summed E-state index contributed by atoms with van der Waals surface area (Å²) >= 11 is 4.13. The van der Waals surface area contributed by atoms with Gasteiger partial charge in [0.25, 0.3) is 11.8 Å². The molecule has 0 radical (unpaired) electrons. The number of carbonyl (C=O) groups excluding carboxylic acids is 3. The average molecular weight is 556 g/mol. The molecule has 1 saturated heterocycles. The highest BCUT2D eigenvalue weighted by Gasteiger charge is 2.29. The Bertz CT molecular complexity index is 1300. The maximum Gasteiger partial charge on any atom is 0.259 e. The zero-order valence-corrected chi connectivity index (χ0v) is 23.5. The van der Waals surface area contributed by atoms with Gasteiger partial charge < -0.3 is 9.80 Å². The molecule has 3 heterocycles. The van der Waals surface area contributed by atoms with Crippen molar-refractivity contribution in [3.63, 3.8) is 0 Å². The number of benzene rings is 1. The van der Waals surface area contributed by atoms with Crippen molar-refractivity contribution in [1.29, 1.82) is 0 Å². The van der Waals surface area contributed by atoms with Crippen molar-refractivity contribution in [3.05, 3.63) is 64.8 Å². The normalized spacial score (nSPS) is 15.8. The highest BCUT2D eigenvalue weighted by Crippen LogP contribution is 2.37. The predicted molar refractivity (Wildman–Crippen MR) is 149 cm³/mol. The van der Waals surface area contributed by atoms with Crippen molar-refractivity contribution in [2.45, 2.75) is 48.8 Å². The number of amides is 3. The van der Waals surface area contributed by atoms with Gasteiger partial charge in [0.15, 0.2) is 5.13 Å². The van der Waals surface area contributed by atoms with Crippen LogP contribution in [-0.2, 0) is 4.79 Å². The fourth-order valence-electron chi connectivity index (χ4n) is 4.30. The Morgan fingerprint density at radius 1 is 1.22 bits per heavy atom. The van der Waals surface area contributed by atoms with Crippen molar-refractivity contribution in [1.82, 2.24) is 19.2 Å². The fraction of sp³-hybridized carbons (Fsp3) is 0.346. The molecule has 2 aromatic heterocycles. The van der Waals surface area contributed by atoms with E-state index in [1.165, 1.54) is 46.9 Å². The van der Waals surface area contributed by atoms with Gasteiger partial charge in [-0.1, -0.05) is 42.7 Å². The van der Waals surface area contributed by atoms with Gasteiger partial charge in [0, 0.05) is 41.5 Å². The first-order valence-electron chi connectivity index (χ1n) is 12.0. The Hall–Kier alpha value is -3.02. The zero-order chi connectivity index (χ0) is 26.5. The van der Waals surface area contributed by atoms with Crippen molar-refractivity contribution < 1.29 is 14.4 Å². The molecule has 1 aromatic carbocycles. The van der Waals surface area contributed by atoms with E-state index in [0.717, 1.165) is 33.1 Å². The number of nitrogens with zero attached hydrogens (tertiary/aromatic N) is 4. The van der Waals surface area contributed by atoms with Crippen LogP contribution in [0.15, 0.2) is 51.7 Å². The van der Waals surface area contributed by atoms with E-state index < -0.39 is 0 Å². The molecule has 194 valence electrons. The van der Waals surface area contributed by atoms with Crippen molar-refractivity contribution in [2.24, 2.45) is 0 Å². The third kappa shape index (κ3) is 6.28.